The summed E-state index contributed by atoms with van der Waals surface area (Å²) < 4.78 is 22.1. The molecule has 156 valence electrons. The van der Waals surface area contributed by atoms with Crippen molar-refractivity contribution in [1.82, 2.24) is 9.55 Å². The SMILES string of the molecule is CCOC(=O)c1nc(-c2ccccc2)n(-c2cccc(Cl)c2)c1-c1cccc(Cl)c1F. The summed E-state index contributed by atoms with van der Waals surface area (Å²) in [5.41, 5.74) is 1.71. The van der Waals surface area contributed by atoms with Gasteiger partial charge in [0.25, 0.3) is 0 Å². The number of hydrogen-bond acceptors (Lipinski definition) is 3. The summed E-state index contributed by atoms with van der Waals surface area (Å²) in [6.45, 7) is 1.85. The summed E-state index contributed by atoms with van der Waals surface area (Å²) in [6.07, 6.45) is 0. The molecule has 0 fully saturated rings. The molecule has 31 heavy (non-hydrogen) atoms. The molecule has 1 heterocycles. The first-order valence-corrected chi connectivity index (χ1v) is 10.3. The molecule has 0 aliphatic carbocycles. The van der Waals surface area contributed by atoms with Gasteiger partial charge in [-0.3, -0.25) is 4.57 Å². The van der Waals surface area contributed by atoms with Gasteiger partial charge >= 0.3 is 5.97 Å². The summed E-state index contributed by atoms with van der Waals surface area (Å²) in [6, 6.07) is 21.0. The Balaban J connectivity index is 2.13. The number of hydrogen-bond donors (Lipinski definition) is 0. The van der Waals surface area contributed by atoms with Crippen LogP contribution in [-0.2, 0) is 4.74 Å². The third-order valence-electron chi connectivity index (χ3n) is 4.65. The van der Waals surface area contributed by atoms with Gasteiger partial charge in [-0.2, -0.15) is 0 Å². The molecule has 0 aliphatic heterocycles. The van der Waals surface area contributed by atoms with Gasteiger partial charge in [0.05, 0.1) is 17.3 Å². The predicted molar refractivity (Wildman–Crippen MR) is 120 cm³/mol. The highest BCUT2D eigenvalue weighted by Gasteiger charge is 2.28. The van der Waals surface area contributed by atoms with Crippen molar-refractivity contribution < 1.29 is 13.9 Å². The minimum absolute atomic E-state index is 0.0122. The molecule has 0 atom stereocenters. The van der Waals surface area contributed by atoms with Crippen LogP contribution >= 0.6 is 23.2 Å². The van der Waals surface area contributed by atoms with E-state index in [0.29, 0.717) is 16.5 Å². The number of benzene rings is 3. The maximum Gasteiger partial charge on any atom is 0.359 e. The van der Waals surface area contributed by atoms with Crippen molar-refractivity contribution >= 4 is 29.2 Å². The third kappa shape index (κ3) is 4.07. The Bertz CT molecular complexity index is 1260. The van der Waals surface area contributed by atoms with E-state index in [4.69, 9.17) is 27.9 Å². The molecule has 4 aromatic rings. The lowest BCUT2D eigenvalue weighted by molar-refractivity contribution is 0.0521. The third-order valence-corrected chi connectivity index (χ3v) is 5.18. The molecule has 0 bridgehead atoms. The van der Waals surface area contributed by atoms with Gasteiger partial charge in [-0.25, -0.2) is 14.2 Å². The van der Waals surface area contributed by atoms with Crippen molar-refractivity contribution in [2.24, 2.45) is 0 Å². The van der Waals surface area contributed by atoms with Gasteiger partial charge in [-0.05, 0) is 37.3 Å². The minimum atomic E-state index is -0.658. The van der Waals surface area contributed by atoms with Crippen molar-refractivity contribution in [3.8, 4) is 28.3 Å². The van der Waals surface area contributed by atoms with Crippen LogP contribution in [0.4, 0.5) is 4.39 Å². The average Bonchev–Trinajstić information content (AvgIpc) is 3.17. The molecule has 0 amide bonds. The number of rotatable bonds is 5. The van der Waals surface area contributed by atoms with E-state index in [2.05, 4.69) is 4.98 Å². The predicted octanol–water partition coefficient (Wildman–Crippen LogP) is 6.83. The molecule has 0 saturated carbocycles. The molecule has 3 aromatic carbocycles. The summed E-state index contributed by atoms with van der Waals surface area (Å²) in [4.78, 5) is 17.4. The van der Waals surface area contributed by atoms with Crippen LogP contribution in [0, 0.1) is 5.82 Å². The van der Waals surface area contributed by atoms with Gasteiger partial charge in [-0.1, -0.05) is 65.7 Å². The minimum Gasteiger partial charge on any atom is -0.461 e. The van der Waals surface area contributed by atoms with Crippen LogP contribution in [0.1, 0.15) is 17.4 Å². The first-order valence-electron chi connectivity index (χ1n) is 9.57. The van der Waals surface area contributed by atoms with Crippen LogP contribution < -0.4 is 0 Å². The van der Waals surface area contributed by atoms with Crippen LogP contribution in [0.25, 0.3) is 28.3 Å². The van der Waals surface area contributed by atoms with Gasteiger partial charge < -0.3 is 4.74 Å². The van der Waals surface area contributed by atoms with Crippen molar-refractivity contribution in [3.05, 3.63) is 94.4 Å². The van der Waals surface area contributed by atoms with Gasteiger partial charge in [0.15, 0.2) is 11.5 Å². The first-order chi connectivity index (χ1) is 15.0. The Labute approximate surface area is 188 Å². The standard InChI is InChI=1S/C24H17Cl2FN2O2/c1-2-31-24(30)21-22(18-12-7-13-19(26)20(18)27)29(17-11-6-10-16(25)14-17)23(28-21)15-8-4-3-5-9-15/h3-14H,2H2,1H3. The summed E-state index contributed by atoms with van der Waals surface area (Å²) >= 11 is 12.3. The molecule has 0 saturated heterocycles. The van der Waals surface area contributed by atoms with Crippen LogP contribution in [0.15, 0.2) is 72.8 Å². The van der Waals surface area contributed by atoms with Crippen molar-refractivity contribution in [2.75, 3.05) is 6.61 Å². The van der Waals surface area contributed by atoms with Gasteiger partial charge in [-0.15, -0.1) is 0 Å². The van der Waals surface area contributed by atoms with Crippen molar-refractivity contribution in [2.45, 2.75) is 6.92 Å². The second-order valence-corrected chi connectivity index (χ2v) is 7.48. The Morgan fingerprint density at radius 1 is 1.03 bits per heavy atom. The molecule has 0 unspecified atom stereocenters. The molecular weight excluding hydrogens is 438 g/mol. The van der Waals surface area contributed by atoms with Crippen molar-refractivity contribution in [3.63, 3.8) is 0 Å². The molecule has 1 aromatic heterocycles. The largest absolute Gasteiger partial charge is 0.461 e. The van der Waals surface area contributed by atoms with E-state index in [0.717, 1.165) is 5.56 Å². The number of carbonyl (C=O) groups is 1. The lowest BCUT2D eigenvalue weighted by atomic mass is 10.1. The zero-order valence-corrected chi connectivity index (χ0v) is 18.0. The number of nitrogens with zero attached hydrogens (tertiary/aromatic N) is 2. The van der Waals surface area contributed by atoms with E-state index in [-0.39, 0.29) is 28.6 Å². The molecule has 4 rings (SSSR count). The highest BCUT2D eigenvalue weighted by Crippen LogP contribution is 2.37. The topological polar surface area (TPSA) is 44.1 Å². The van der Waals surface area contributed by atoms with Crippen LogP contribution in [0.5, 0.6) is 0 Å². The second kappa shape index (κ2) is 8.92. The van der Waals surface area contributed by atoms with E-state index in [1.165, 1.54) is 6.07 Å². The lowest BCUT2D eigenvalue weighted by Crippen LogP contribution is -2.08. The zero-order chi connectivity index (χ0) is 22.0. The van der Waals surface area contributed by atoms with Crippen molar-refractivity contribution in [1.29, 1.82) is 0 Å². The van der Waals surface area contributed by atoms with Gasteiger partial charge in [0, 0.05) is 21.8 Å². The van der Waals surface area contributed by atoms with Crippen LogP contribution in [-0.4, -0.2) is 22.1 Å². The number of halogens is 3. The van der Waals surface area contributed by atoms with E-state index in [1.807, 2.05) is 30.3 Å². The van der Waals surface area contributed by atoms with Gasteiger partial charge in [0.2, 0.25) is 0 Å². The fourth-order valence-electron chi connectivity index (χ4n) is 3.34. The molecule has 0 aliphatic rings. The number of aromatic nitrogens is 2. The van der Waals surface area contributed by atoms with Gasteiger partial charge in [0.1, 0.15) is 5.82 Å². The Morgan fingerprint density at radius 3 is 2.48 bits per heavy atom. The maximum atomic E-state index is 15.2. The smallest absolute Gasteiger partial charge is 0.359 e. The Morgan fingerprint density at radius 2 is 1.77 bits per heavy atom. The van der Waals surface area contributed by atoms with E-state index in [1.54, 1.807) is 47.9 Å². The Kier molecular flexibility index (Phi) is 6.07. The molecule has 4 nitrogen and oxygen atoms in total. The van der Waals surface area contributed by atoms with E-state index < -0.39 is 11.8 Å². The fourth-order valence-corrected chi connectivity index (χ4v) is 3.70. The monoisotopic (exact) mass is 454 g/mol. The zero-order valence-electron chi connectivity index (χ0n) is 16.5. The normalized spacial score (nSPS) is 10.8. The fraction of sp³-hybridized carbons (Fsp3) is 0.0833. The van der Waals surface area contributed by atoms with Crippen LogP contribution in [0.3, 0.4) is 0 Å². The van der Waals surface area contributed by atoms with E-state index in [9.17, 15) is 4.79 Å². The summed E-state index contributed by atoms with van der Waals surface area (Å²) in [7, 11) is 0. The first kappa shape index (κ1) is 21.1. The second-order valence-electron chi connectivity index (χ2n) is 6.64. The maximum absolute atomic E-state index is 15.2. The lowest BCUT2D eigenvalue weighted by Gasteiger charge is -2.14. The molecule has 0 spiro atoms. The molecular formula is C24H17Cl2FN2O2. The number of carbonyl (C=O) groups excluding carboxylic acids is 1. The summed E-state index contributed by atoms with van der Waals surface area (Å²) in [5.74, 6) is -0.868. The highest BCUT2D eigenvalue weighted by molar-refractivity contribution is 6.31. The molecule has 7 heteroatoms. The highest BCUT2D eigenvalue weighted by atomic mass is 35.5. The molecule has 0 N–H and O–H groups in total. The Hall–Kier alpha value is -3.15. The molecule has 0 radical (unpaired) electrons. The number of imidazole rings is 1. The van der Waals surface area contributed by atoms with E-state index >= 15 is 4.39 Å². The number of ether oxygens (including phenoxy) is 1. The quantitative estimate of drug-likeness (QED) is 0.310. The van der Waals surface area contributed by atoms with Crippen LogP contribution in [0.2, 0.25) is 10.0 Å². The number of esters is 1. The average molecular weight is 455 g/mol. The summed E-state index contributed by atoms with van der Waals surface area (Å²) in [5, 5.41) is 0.424.